The molecule has 1 aromatic carbocycles. The van der Waals surface area contributed by atoms with Gasteiger partial charge in [0.2, 0.25) is 0 Å². The van der Waals surface area contributed by atoms with Crippen LogP contribution >= 0.6 is 11.5 Å². The lowest BCUT2D eigenvalue weighted by Gasteiger charge is -2.04. The van der Waals surface area contributed by atoms with Crippen molar-refractivity contribution in [3.05, 3.63) is 40.3 Å². The van der Waals surface area contributed by atoms with Crippen LogP contribution in [0.2, 0.25) is 0 Å². The maximum absolute atomic E-state index is 4.55. The Labute approximate surface area is 113 Å². The average molecular weight is 260 g/mol. The van der Waals surface area contributed by atoms with E-state index in [1.165, 1.54) is 21.6 Å². The zero-order chi connectivity index (χ0) is 13.1. The molecule has 1 N–H and O–H groups in total. The summed E-state index contributed by atoms with van der Waals surface area (Å²) in [5.74, 6) is 0. The van der Waals surface area contributed by atoms with Crippen molar-refractivity contribution in [2.24, 2.45) is 0 Å². The molecule has 0 aliphatic heterocycles. The van der Waals surface area contributed by atoms with Crippen molar-refractivity contribution < 1.29 is 0 Å². The van der Waals surface area contributed by atoms with Gasteiger partial charge in [0.25, 0.3) is 0 Å². The van der Waals surface area contributed by atoms with Gasteiger partial charge in [0.15, 0.2) is 0 Å². The third kappa shape index (κ3) is 3.40. The van der Waals surface area contributed by atoms with Crippen LogP contribution in [0.15, 0.2) is 24.3 Å². The second-order valence-corrected chi connectivity index (χ2v) is 5.98. The van der Waals surface area contributed by atoms with Gasteiger partial charge in [-0.15, -0.1) is 0 Å². The van der Waals surface area contributed by atoms with Crippen LogP contribution in [0, 0.1) is 13.8 Å². The molecule has 2 nitrogen and oxygen atoms in total. The Morgan fingerprint density at radius 1 is 1.11 bits per heavy atom. The third-order valence-corrected chi connectivity index (χ3v) is 3.55. The summed E-state index contributed by atoms with van der Waals surface area (Å²) in [7, 11) is 0. The lowest BCUT2D eigenvalue weighted by molar-refractivity contribution is 0.593. The van der Waals surface area contributed by atoms with Gasteiger partial charge < -0.3 is 5.32 Å². The van der Waals surface area contributed by atoms with Gasteiger partial charge >= 0.3 is 0 Å². The Balaban J connectivity index is 2.18. The molecular formula is C15H20N2S. The van der Waals surface area contributed by atoms with Crippen LogP contribution < -0.4 is 5.32 Å². The van der Waals surface area contributed by atoms with E-state index in [0.29, 0.717) is 6.04 Å². The van der Waals surface area contributed by atoms with E-state index in [2.05, 4.69) is 61.7 Å². The molecule has 1 heterocycles. The van der Waals surface area contributed by atoms with Crippen LogP contribution in [0.25, 0.3) is 11.3 Å². The SMILES string of the molecule is Cc1cc(C)cc(-c2cc(CNC(C)C)sn2)c1. The molecule has 2 rings (SSSR count). The van der Waals surface area contributed by atoms with Crippen molar-refractivity contribution in [3.63, 3.8) is 0 Å². The van der Waals surface area contributed by atoms with E-state index >= 15 is 0 Å². The van der Waals surface area contributed by atoms with E-state index in [0.717, 1.165) is 12.2 Å². The van der Waals surface area contributed by atoms with E-state index in [1.54, 1.807) is 11.5 Å². The summed E-state index contributed by atoms with van der Waals surface area (Å²) in [6.07, 6.45) is 0. The van der Waals surface area contributed by atoms with E-state index in [9.17, 15) is 0 Å². The fourth-order valence-electron chi connectivity index (χ4n) is 1.96. The highest BCUT2D eigenvalue weighted by atomic mass is 32.1. The maximum atomic E-state index is 4.55. The van der Waals surface area contributed by atoms with Crippen LogP contribution in [0.4, 0.5) is 0 Å². The highest BCUT2D eigenvalue weighted by Gasteiger charge is 2.06. The predicted molar refractivity (Wildman–Crippen MR) is 79.0 cm³/mol. The third-order valence-electron chi connectivity index (χ3n) is 2.76. The van der Waals surface area contributed by atoms with Gasteiger partial charge in [-0.3, -0.25) is 0 Å². The zero-order valence-corrected chi connectivity index (χ0v) is 12.3. The Bertz CT molecular complexity index is 509. The minimum absolute atomic E-state index is 0.511. The van der Waals surface area contributed by atoms with Gasteiger partial charge in [-0.1, -0.05) is 31.0 Å². The molecule has 18 heavy (non-hydrogen) atoms. The van der Waals surface area contributed by atoms with E-state index < -0.39 is 0 Å². The molecule has 0 aliphatic rings. The first-order valence-electron chi connectivity index (χ1n) is 6.32. The van der Waals surface area contributed by atoms with Crippen LogP contribution in [-0.4, -0.2) is 10.4 Å². The fraction of sp³-hybridized carbons (Fsp3) is 0.400. The highest BCUT2D eigenvalue weighted by Crippen LogP contribution is 2.24. The molecule has 0 bridgehead atoms. The first kappa shape index (κ1) is 13.2. The van der Waals surface area contributed by atoms with Gasteiger partial charge in [0, 0.05) is 23.0 Å². The fourth-order valence-corrected chi connectivity index (χ4v) is 2.65. The second kappa shape index (κ2) is 5.63. The number of rotatable bonds is 4. The maximum Gasteiger partial charge on any atom is 0.0844 e. The van der Waals surface area contributed by atoms with Crippen LogP contribution in [0.1, 0.15) is 29.9 Å². The summed E-state index contributed by atoms with van der Waals surface area (Å²) in [5, 5.41) is 3.42. The van der Waals surface area contributed by atoms with Gasteiger partial charge in [0.05, 0.1) is 5.69 Å². The molecule has 0 atom stereocenters. The number of nitrogens with one attached hydrogen (secondary N) is 1. The van der Waals surface area contributed by atoms with Crippen molar-refractivity contribution in [3.8, 4) is 11.3 Å². The summed E-state index contributed by atoms with van der Waals surface area (Å²) in [5.41, 5.74) is 4.90. The standard InChI is InChI=1S/C15H20N2S/c1-10(2)16-9-14-8-15(17-18-14)13-6-11(3)5-12(4)7-13/h5-8,10,16H,9H2,1-4H3. The Hall–Kier alpha value is -1.19. The molecule has 0 fully saturated rings. The number of hydrogen-bond donors (Lipinski definition) is 1. The van der Waals surface area contributed by atoms with Gasteiger partial charge in [-0.25, -0.2) is 0 Å². The molecule has 0 saturated carbocycles. The summed E-state index contributed by atoms with van der Waals surface area (Å²) in [6.45, 7) is 9.48. The molecule has 0 spiro atoms. The molecule has 0 aliphatic carbocycles. The number of aromatic nitrogens is 1. The molecule has 0 radical (unpaired) electrons. The van der Waals surface area contributed by atoms with Crippen molar-refractivity contribution in [1.29, 1.82) is 0 Å². The lowest BCUT2D eigenvalue weighted by atomic mass is 10.1. The van der Waals surface area contributed by atoms with Crippen molar-refractivity contribution >= 4 is 11.5 Å². The Morgan fingerprint density at radius 3 is 2.39 bits per heavy atom. The smallest absolute Gasteiger partial charge is 0.0844 e. The summed E-state index contributed by atoms with van der Waals surface area (Å²) >= 11 is 1.59. The normalized spacial score (nSPS) is 11.2. The summed E-state index contributed by atoms with van der Waals surface area (Å²) < 4.78 is 4.55. The zero-order valence-electron chi connectivity index (χ0n) is 11.4. The molecule has 0 saturated heterocycles. The number of hydrogen-bond acceptors (Lipinski definition) is 3. The molecule has 1 aromatic heterocycles. The van der Waals surface area contributed by atoms with Crippen molar-refractivity contribution in [2.45, 2.75) is 40.3 Å². The molecule has 3 heteroatoms. The first-order valence-corrected chi connectivity index (χ1v) is 7.09. The quantitative estimate of drug-likeness (QED) is 0.901. The van der Waals surface area contributed by atoms with Gasteiger partial charge in [0.1, 0.15) is 0 Å². The average Bonchev–Trinajstić information content (AvgIpc) is 2.73. The van der Waals surface area contributed by atoms with Crippen molar-refractivity contribution in [1.82, 2.24) is 9.69 Å². The largest absolute Gasteiger partial charge is 0.310 e. The minimum Gasteiger partial charge on any atom is -0.310 e. The Morgan fingerprint density at radius 2 is 1.78 bits per heavy atom. The van der Waals surface area contributed by atoms with Gasteiger partial charge in [-0.05, 0) is 43.6 Å². The number of aryl methyl sites for hydroxylation is 2. The van der Waals surface area contributed by atoms with E-state index in [1.807, 2.05) is 0 Å². The Kier molecular flexibility index (Phi) is 4.15. The summed E-state index contributed by atoms with van der Waals surface area (Å²) in [6, 6.07) is 9.28. The van der Waals surface area contributed by atoms with Gasteiger partial charge in [-0.2, -0.15) is 4.37 Å². The van der Waals surface area contributed by atoms with Crippen LogP contribution in [0.5, 0.6) is 0 Å². The second-order valence-electron chi connectivity index (χ2n) is 5.09. The molecule has 2 aromatic rings. The first-order chi connectivity index (χ1) is 8.54. The number of benzene rings is 1. The minimum atomic E-state index is 0.511. The van der Waals surface area contributed by atoms with E-state index in [-0.39, 0.29) is 0 Å². The molecule has 0 unspecified atom stereocenters. The van der Waals surface area contributed by atoms with Crippen LogP contribution in [0.3, 0.4) is 0 Å². The topological polar surface area (TPSA) is 24.9 Å². The molecule has 0 amide bonds. The van der Waals surface area contributed by atoms with E-state index in [4.69, 9.17) is 0 Å². The summed E-state index contributed by atoms with van der Waals surface area (Å²) in [4.78, 5) is 1.29. The predicted octanol–water partition coefficient (Wildman–Crippen LogP) is 3.92. The lowest BCUT2D eigenvalue weighted by Crippen LogP contribution is -2.21. The molecular weight excluding hydrogens is 240 g/mol. The number of nitrogens with zero attached hydrogens (tertiary/aromatic N) is 1. The molecule has 96 valence electrons. The van der Waals surface area contributed by atoms with Crippen LogP contribution in [-0.2, 0) is 6.54 Å². The van der Waals surface area contributed by atoms with Crippen molar-refractivity contribution in [2.75, 3.05) is 0 Å². The highest BCUT2D eigenvalue weighted by molar-refractivity contribution is 7.06. The monoisotopic (exact) mass is 260 g/mol.